The average Bonchev–Trinajstić information content (AvgIpc) is 3.04. The van der Waals surface area contributed by atoms with Gasteiger partial charge in [0, 0.05) is 31.7 Å². The Labute approximate surface area is 117 Å². The van der Waals surface area contributed by atoms with E-state index in [2.05, 4.69) is 0 Å². The normalized spacial score (nSPS) is 24.7. The minimum Gasteiger partial charge on any atom is -0.381 e. The minimum atomic E-state index is -0.553. The number of rotatable bonds is 3. The van der Waals surface area contributed by atoms with E-state index in [1.165, 1.54) is 0 Å². The number of hydrogen-bond donors (Lipinski definition) is 1. The van der Waals surface area contributed by atoms with E-state index < -0.39 is 11.9 Å². The van der Waals surface area contributed by atoms with Crippen molar-refractivity contribution in [2.75, 3.05) is 18.1 Å². The van der Waals surface area contributed by atoms with E-state index in [0.29, 0.717) is 26.1 Å². The third-order valence-corrected chi connectivity index (χ3v) is 4.06. The first-order chi connectivity index (χ1) is 9.66. The Morgan fingerprint density at radius 1 is 1.35 bits per heavy atom. The molecule has 106 valence electrons. The molecule has 1 saturated heterocycles. The van der Waals surface area contributed by atoms with Gasteiger partial charge in [-0.3, -0.25) is 14.5 Å². The van der Waals surface area contributed by atoms with Gasteiger partial charge in [0.25, 0.3) is 0 Å². The van der Waals surface area contributed by atoms with Crippen molar-refractivity contribution in [3.05, 3.63) is 29.8 Å². The lowest BCUT2D eigenvalue weighted by molar-refractivity contribution is -0.124. The topological polar surface area (TPSA) is 72.6 Å². The van der Waals surface area contributed by atoms with Crippen LogP contribution in [-0.4, -0.2) is 31.1 Å². The van der Waals surface area contributed by atoms with E-state index in [4.69, 9.17) is 10.5 Å². The second kappa shape index (κ2) is 5.25. The molecular weight excluding hydrogens is 256 g/mol. The number of benzene rings is 1. The molecule has 3 rings (SSSR count). The van der Waals surface area contributed by atoms with Gasteiger partial charge in [-0.1, -0.05) is 18.2 Å². The van der Waals surface area contributed by atoms with Crippen LogP contribution in [0.1, 0.15) is 18.4 Å². The number of nitrogens with two attached hydrogens (primary N) is 1. The van der Waals surface area contributed by atoms with Crippen LogP contribution < -0.4 is 10.6 Å². The molecule has 0 spiro atoms. The van der Waals surface area contributed by atoms with Gasteiger partial charge in [-0.15, -0.1) is 0 Å². The summed E-state index contributed by atoms with van der Waals surface area (Å²) in [4.78, 5) is 25.7. The zero-order chi connectivity index (χ0) is 14.1. The smallest absolute Gasteiger partial charge is 0.240 e. The molecule has 1 aromatic rings. The largest absolute Gasteiger partial charge is 0.381 e. The molecule has 2 aliphatic heterocycles. The van der Waals surface area contributed by atoms with Gasteiger partial charge >= 0.3 is 0 Å². The lowest BCUT2D eigenvalue weighted by atomic mass is 10.0. The third kappa shape index (κ3) is 2.29. The molecule has 0 aromatic heterocycles. The number of ether oxygens (including phenoxy) is 1. The summed E-state index contributed by atoms with van der Waals surface area (Å²) in [6, 6.07) is 7.05. The summed E-state index contributed by atoms with van der Waals surface area (Å²) in [6.07, 6.45) is 1.83. The number of nitrogens with zero attached hydrogens (tertiary/aromatic N) is 1. The van der Waals surface area contributed by atoms with Crippen LogP contribution in [0.25, 0.3) is 0 Å². The highest BCUT2D eigenvalue weighted by Crippen LogP contribution is 2.33. The molecule has 2 aliphatic rings. The summed E-state index contributed by atoms with van der Waals surface area (Å²) in [5.41, 5.74) is 7.28. The molecule has 20 heavy (non-hydrogen) atoms. The van der Waals surface area contributed by atoms with Gasteiger partial charge in [0.15, 0.2) is 0 Å². The molecule has 0 saturated carbocycles. The van der Waals surface area contributed by atoms with E-state index >= 15 is 0 Å². The molecule has 2 N–H and O–H groups in total. The van der Waals surface area contributed by atoms with Gasteiger partial charge in [0.1, 0.15) is 6.04 Å². The van der Waals surface area contributed by atoms with Crippen molar-refractivity contribution in [2.45, 2.75) is 25.3 Å². The highest BCUT2D eigenvalue weighted by atomic mass is 16.5. The summed E-state index contributed by atoms with van der Waals surface area (Å²) in [6.45, 7) is 1.34. The lowest BCUT2D eigenvalue weighted by Crippen LogP contribution is -2.46. The number of primary amides is 1. The Morgan fingerprint density at radius 3 is 2.85 bits per heavy atom. The third-order valence-electron chi connectivity index (χ3n) is 4.06. The van der Waals surface area contributed by atoms with Crippen LogP contribution >= 0.6 is 0 Å². The predicted molar refractivity (Wildman–Crippen MR) is 74.2 cm³/mol. The highest BCUT2D eigenvalue weighted by Gasteiger charge is 2.37. The van der Waals surface area contributed by atoms with Crippen LogP contribution in [0.4, 0.5) is 5.69 Å². The molecular formula is C15H18N2O3. The molecule has 2 heterocycles. The second-order valence-corrected chi connectivity index (χ2v) is 5.45. The fraction of sp³-hybridized carbons (Fsp3) is 0.467. The minimum absolute atomic E-state index is 0.0331. The number of para-hydroxylation sites is 1. The Morgan fingerprint density at radius 2 is 2.15 bits per heavy atom. The number of carbonyl (C=O) groups excluding carboxylic acids is 2. The molecule has 2 atom stereocenters. The average molecular weight is 274 g/mol. The maximum absolute atomic E-state index is 12.5. The van der Waals surface area contributed by atoms with Gasteiger partial charge in [0.05, 0.1) is 0 Å². The Hall–Kier alpha value is -1.88. The summed E-state index contributed by atoms with van der Waals surface area (Å²) in [7, 11) is 0. The van der Waals surface area contributed by atoms with Crippen molar-refractivity contribution in [1.29, 1.82) is 0 Å². The summed E-state index contributed by atoms with van der Waals surface area (Å²) in [5, 5.41) is 0. The molecule has 5 nitrogen and oxygen atoms in total. The van der Waals surface area contributed by atoms with Crippen LogP contribution in [0.15, 0.2) is 24.3 Å². The predicted octanol–water partition coefficient (Wildman–Crippen LogP) is 0.856. The zero-order valence-electron chi connectivity index (χ0n) is 11.2. The number of carbonyl (C=O) groups is 2. The molecule has 1 aromatic carbocycles. The monoisotopic (exact) mass is 274 g/mol. The molecule has 0 bridgehead atoms. The van der Waals surface area contributed by atoms with Gasteiger partial charge < -0.3 is 10.5 Å². The van der Waals surface area contributed by atoms with Crippen molar-refractivity contribution >= 4 is 17.5 Å². The van der Waals surface area contributed by atoms with Crippen LogP contribution in [0.5, 0.6) is 0 Å². The fourth-order valence-electron chi connectivity index (χ4n) is 3.01. The van der Waals surface area contributed by atoms with Crippen LogP contribution in [0, 0.1) is 5.92 Å². The van der Waals surface area contributed by atoms with Crippen molar-refractivity contribution in [1.82, 2.24) is 0 Å². The van der Waals surface area contributed by atoms with E-state index in [-0.39, 0.29) is 11.8 Å². The molecule has 5 heteroatoms. The highest BCUT2D eigenvalue weighted by molar-refractivity contribution is 6.03. The molecule has 1 unspecified atom stereocenters. The quantitative estimate of drug-likeness (QED) is 0.888. The number of amides is 2. The maximum atomic E-state index is 12.5. The van der Waals surface area contributed by atoms with Gasteiger partial charge in [-0.2, -0.15) is 0 Å². The van der Waals surface area contributed by atoms with Crippen molar-refractivity contribution in [3.8, 4) is 0 Å². The first-order valence-electron chi connectivity index (χ1n) is 6.94. The van der Waals surface area contributed by atoms with Crippen LogP contribution in [0.3, 0.4) is 0 Å². The first kappa shape index (κ1) is 13.1. The lowest BCUT2D eigenvalue weighted by Gasteiger charge is -2.24. The van der Waals surface area contributed by atoms with Gasteiger partial charge in [-0.25, -0.2) is 0 Å². The molecule has 1 fully saturated rings. The SMILES string of the molecule is NC(=O)[C@@H]1Cc2ccccc2N1C(=O)CC1CCOC1. The van der Waals surface area contributed by atoms with Crippen molar-refractivity contribution in [2.24, 2.45) is 11.7 Å². The van der Waals surface area contributed by atoms with Gasteiger partial charge in [0.2, 0.25) is 11.8 Å². The maximum Gasteiger partial charge on any atom is 0.240 e. The van der Waals surface area contributed by atoms with Crippen LogP contribution in [0.2, 0.25) is 0 Å². The van der Waals surface area contributed by atoms with E-state index in [0.717, 1.165) is 17.7 Å². The second-order valence-electron chi connectivity index (χ2n) is 5.45. The summed E-state index contributed by atoms with van der Waals surface area (Å²) < 4.78 is 5.30. The number of anilines is 1. The standard InChI is InChI=1S/C15H18N2O3/c16-15(19)13-8-11-3-1-2-4-12(11)17(13)14(18)7-10-5-6-20-9-10/h1-4,10,13H,5-9H2,(H2,16,19)/t10?,13-/m0/s1. The van der Waals surface area contributed by atoms with E-state index in [9.17, 15) is 9.59 Å². The zero-order valence-corrected chi connectivity index (χ0v) is 11.2. The van der Waals surface area contributed by atoms with Crippen LogP contribution in [-0.2, 0) is 20.7 Å². The van der Waals surface area contributed by atoms with Crippen molar-refractivity contribution in [3.63, 3.8) is 0 Å². The van der Waals surface area contributed by atoms with Crippen molar-refractivity contribution < 1.29 is 14.3 Å². The molecule has 0 aliphatic carbocycles. The number of hydrogen-bond acceptors (Lipinski definition) is 3. The molecule has 0 radical (unpaired) electrons. The first-order valence-corrected chi connectivity index (χ1v) is 6.94. The Kier molecular flexibility index (Phi) is 3.44. The summed E-state index contributed by atoms with van der Waals surface area (Å²) in [5.74, 6) is -0.227. The Balaban J connectivity index is 1.84. The summed E-state index contributed by atoms with van der Waals surface area (Å²) >= 11 is 0. The molecule has 2 amide bonds. The Bertz CT molecular complexity index is 538. The van der Waals surface area contributed by atoms with E-state index in [1.807, 2.05) is 24.3 Å². The van der Waals surface area contributed by atoms with Gasteiger partial charge in [-0.05, 0) is 24.0 Å². The van der Waals surface area contributed by atoms with E-state index in [1.54, 1.807) is 4.90 Å². The number of fused-ring (bicyclic) bond motifs is 1. The fourth-order valence-corrected chi connectivity index (χ4v) is 3.01.